The number of hydrogen-bond acceptors (Lipinski definition) is 4. The topological polar surface area (TPSA) is 92.5 Å². The summed E-state index contributed by atoms with van der Waals surface area (Å²) in [6.45, 7) is 2.66. The fourth-order valence-electron chi connectivity index (χ4n) is 3.27. The number of anilines is 1. The van der Waals surface area contributed by atoms with Crippen LogP contribution in [0.4, 0.5) is 5.69 Å². The highest BCUT2D eigenvalue weighted by atomic mass is 32.2. The monoisotopic (exact) mass is 309 g/mol. The lowest BCUT2D eigenvalue weighted by Crippen LogP contribution is -2.48. The number of benzene rings is 1. The van der Waals surface area contributed by atoms with Gasteiger partial charge in [-0.1, -0.05) is 0 Å². The average molecular weight is 309 g/mol. The van der Waals surface area contributed by atoms with Crippen LogP contribution in [0.2, 0.25) is 0 Å². The molecular formula is C14H19N3O3S. The molecule has 2 saturated heterocycles. The highest BCUT2D eigenvalue weighted by Crippen LogP contribution is 2.32. The van der Waals surface area contributed by atoms with Crippen molar-refractivity contribution in [2.45, 2.75) is 30.7 Å². The van der Waals surface area contributed by atoms with Gasteiger partial charge in [-0.05, 0) is 43.5 Å². The summed E-state index contributed by atoms with van der Waals surface area (Å²) < 4.78 is 27.2. The van der Waals surface area contributed by atoms with E-state index in [1.807, 2.05) is 6.92 Å². The highest BCUT2D eigenvalue weighted by molar-refractivity contribution is 7.89. The summed E-state index contributed by atoms with van der Waals surface area (Å²) in [5, 5.41) is 2.77. The maximum Gasteiger partial charge on any atom is 0.243 e. The van der Waals surface area contributed by atoms with E-state index < -0.39 is 10.0 Å². The number of nitrogens with two attached hydrogens (primary N) is 1. The zero-order valence-electron chi connectivity index (χ0n) is 11.9. The minimum atomic E-state index is -3.62. The maximum atomic E-state index is 12.9. The number of carbonyl (C=O) groups is 1. The summed E-state index contributed by atoms with van der Waals surface area (Å²) in [5.74, 6) is -0.265. The zero-order valence-corrected chi connectivity index (χ0v) is 12.7. The van der Waals surface area contributed by atoms with Crippen molar-refractivity contribution in [2.75, 3.05) is 18.8 Å². The standard InChI is InChI=1S/C14H19N3O3S/c1-9-5-10(15)7-11(6-9)21(19,20)17-4-2-3-12-13(17)8-16-14(12)18/h5-7,12-13H,2-4,8,15H2,1H3,(H,16,18). The Balaban J connectivity index is 1.99. The molecule has 1 aromatic carbocycles. The SMILES string of the molecule is Cc1cc(N)cc(S(=O)(=O)N2CCCC3C(=O)NCC32)c1. The summed E-state index contributed by atoms with van der Waals surface area (Å²) >= 11 is 0. The first-order chi connectivity index (χ1) is 9.89. The number of carbonyl (C=O) groups excluding carboxylic acids is 1. The van der Waals surface area contributed by atoms with Gasteiger partial charge in [0.25, 0.3) is 0 Å². The summed E-state index contributed by atoms with van der Waals surface area (Å²) in [6, 6.07) is 4.56. The molecule has 1 amide bonds. The fraction of sp³-hybridized carbons (Fsp3) is 0.500. The van der Waals surface area contributed by atoms with Crippen molar-refractivity contribution in [3.63, 3.8) is 0 Å². The van der Waals surface area contributed by atoms with Crippen molar-refractivity contribution in [1.82, 2.24) is 9.62 Å². The Bertz CT molecular complexity index is 666. The first-order valence-electron chi connectivity index (χ1n) is 7.06. The third kappa shape index (κ3) is 2.40. The number of rotatable bonds is 2. The Kier molecular flexibility index (Phi) is 3.41. The number of amides is 1. The van der Waals surface area contributed by atoms with Crippen LogP contribution in [0.25, 0.3) is 0 Å². The molecule has 2 fully saturated rings. The molecule has 2 heterocycles. The normalized spacial score (nSPS) is 26.4. The number of nitrogen functional groups attached to an aromatic ring is 1. The maximum absolute atomic E-state index is 12.9. The molecule has 2 atom stereocenters. The van der Waals surface area contributed by atoms with Gasteiger partial charge in [-0.25, -0.2) is 8.42 Å². The number of aryl methyl sites for hydroxylation is 1. The molecule has 0 aromatic heterocycles. The molecule has 3 N–H and O–H groups in total. The summed E-state index contributed by atoms with van der Waals surface area (Å²) in [4.78, 5) is 12.0. The summed E-state index contributed by atoms with van der Waals surface area (Å²) in [6.07, 6.45) is 1.45. The molecule has 0 aliphatic carbocycles. The quantitative estimate of drug-likeness (QED) is 0.777. The van der Waals surface area contributed by atoms with E-state index in [0.29, 0.717) is 25.2 Å². The molecule has 0 radical (unpaired) electrons. The molecule has 2 aliphatic rings. The van der Waals surface area contributed by atoms with Gasteiger partial charge >= 0.3 is 0 Å². The molecule has 3 rings (SSSR count). The fourth-order valence-corrected chi connectivity index (χ4v) is 5.11. The van der Waals surface area contributed by atoms with Gasteiger partial charge < -0.3 is 11.1 Å². The Hall–Kier alpha value is -1.60. The van der Waals surface area contributed by atoms with Gasteiger partial charge in [-0.3, -0.25) is 4.79 Å². The van der Waals surface area contributed by atoms with Crippen LogP contribution in [0.3, 0.4) is 0 Å². The predicted octanol–water partition coefficient (Wildman–Crippen LogP) is 0.476. The van der Waals surface area contributed by atoms with Crippen LogP contribution < -0.4 is 11.1 Å². The van der Waals surface area contributed by atoms with Crippen LogP contribution in [-0.2, 0) is 14.8 Å². The molecule has 7 heteroatoms. The summed E-state index contributed by atoms with van der Waals surface area (Å²) in [5.41, 5.74) is 7.01. The largest absolute Gasteiger partial charge is 0.399 e. The minimum Gasteiger partial charge on any atom is -0.399 e. The van der Waals surface area contributed by atoms with Crippen LogP contribution in [0.1, 0.15) is 18.4 Å². The molecule has 0 spiro atoms. The van der Waals surface area contributed by atoms with Gasteiger partial charge in [-0.15, -0.1) is 0 Å². The third-order valence-corrected chi connectivity index (χ3v) is 6.13. The van der Waals surface area contributed by atoms with Gasteiger partial charge in [0.15, 0.2) is 0 Å². The lowest BCUT2D eigenvalue weighted by atomic mass is 9.93. The van der Waals surface area contributed by atoms with Crippen LogP contribution >= 0.6 is 0 Å². The van der Waals surface area contributed by atoms with Crippen molar-refractivity contribution < 1.29 is 13.2 Å². The van der Waals surface area contributed by atoms with Gasteiger partial charge in [0.2, 0.25) is 15.9 Å². The third-order valence-electron chi connectivity index (χ3n) is 4.23. The number of hydrogen-bond donors (Lipinski definition) is 2. The van der Waals surface area contributed by atoms with Crippen molar-refractivity contribution in [3.8, 4) is 0 Å². The van der Waals surface area contributed by atoms with Crippen molar-refractivity contribution in [1.29, 1.82) is 0 Å². The Morgan fingerprint density at radius 3 is 2.81 bits per heavy atom. The van der Waals surface area contributed by atoms with E-state index in [-0.39, 0.29) is 22.8 Å². The molecular weight excluding hydrogens is 290 g/mol. The van der Waals surface area contributed by atoms with Crippen LogP contribution in [0, 0.1) is 12.8 Å². The highest BCUT2D eigenvalue weighted by Gasteiger charge is 2.45. The van der Waals surface area contributed by atoms with E-state index in [4.69, 9.17) is 5.73 Å². The van der Waals surface area contributed by atoms with Crippen molar-refractivity contribution >= 4 is 21.6 Å². The molecule has 114 valence electrons. The second kappa shape index (κ2) is 4.99. The van der Waals surface area contributed by atoms with E-state index in [0.717, 1.165) is 12.0 Å². The van der Waals surface area contributed by atoms with Crippen molar-refractivity contribution in [3.05, 3.63) is 23.8 Å². The van der Waals surface area contributed by atoms with Crippen molar-refractivity contribution in [2.24, 2.45) is 5.92 Å². The minimum absolute atomic E-state index is 0.0383. The second-order valence-electron chi connectivity index (χ2n) is 5.76. The van der Waals surface area contributed by atoms with Gasteiger partial charge in [0.05, 0.1) is 16.9 Å². The average Bonchev–Trinajstić information content (AvgIpc) is 2.79. The van der Waals surface area contributed by atoms with E-state index in [1.54, 1.807) is 12.1 Å². The lowest BCUT2D eigenvalue weighted by molar-refractivity contribution is -0.123. The van der Waals surface area contributed by atoms with Crippen LogP contribution in [0.15, 0.2) is 23.1 Å². The number of fused-ring (bicyclic) bond motifs is 1. The zero-order chi connectivity index (χ0) is 15.2. The summed E-state index contributed by atoms with van der Waals surface area (Å²) in [7, 11) is -3.62. The van der Waals surface area contributed by atoms with Crippen LogP contribution in [-0.4, -0.2) is 37.8 Å². The molecule has 0 bridgehead atoms. The Morgan fingerprint density at radius 2 is 2.10 bits per heavy atom. The van der Waals surface area contributed by atoms with E-state index in [1.165, 1.54) is 10.4 Å². The van der Waals surface area contributed by atoms with E-state index >= 15 is 0 Å². The predicted molar refractivity (Wildman–Crippen MR) is 79.0 cm³/mol. The Labute approximate surface area is 124 Å². The number of nitrogens with zero attached hydrogens (tertiary/aromatic N) is 1. The smallest absolute Gasteiger partial charge is 0.243 e. The molecule has 21 heavy (non-hydrogen) atoms. The van der Waals surface area contributed by atoms with Gasteiger partial charge in [0, 0.05) is 18.8 Å². The Morgan fingerprint density at radius 1 is 1.33 bits per heavy atom. The molecule has 6 nitrogen and oxygen atoms in total. The van der Waals surface area contributed by atoms with Crippen LogP contribution in [0.5, 0.6) is 0 Å². The lowest BCUT2D eigenvalue weighted by Gasteiger charge is -2.34. The number of piperidine rings is 1. The van der Waals surface area contributed by atoms with Gasteiger partial charge in [0.1, 0.15) is 0 Å². The molecule has 2 unspecified atom stereocenters. The molecule has 2 aliphatic heterocycles. The second-order valence-corrected chi connectivity index (χ2v) is 7.65. The molecule has 1 aromatic rings. The van der Waals surface area contributed by atoms with E-state index in [9.17, 15) is 13.2 Å². The number of nitrogens with one attached hydrogen (secondary N) is 1. The first kappa shape index (κ1) is 14.3. The molecule has 0 saturated carbocycles. The van der Waals surface area contributed by atoms with E-state index in [2.05, 4.69) is 5.32 Å². The first-order valence-corrected chi connectivity index (χ1v) is 8.50. The number of sulfonamides is 1. The van der Waals surface area contributed by atoms with Gasteiger partial charge in [-0.2, -0.15) is 4.31 Å².